The fourth-order valence-electron chi connectivity index (χ4n) is 2.80. The SMILES string of the molecule is CC(C)N(C(=O)CSC[C@H](NC(=O)CC[C@H](N)C(=O)O)C(=O)NCC(=O)O)c1ccccc1. The molecule has 182 valence electrons. The first-order valence-corrected chi connectivity index (χ1v) is 11.4. The molecule has 0 saturated heterocycles. The molecule has 0 aliphatic rings. The van der Waals surface area contributed by atoms with E-state index in [0.29, 0.717) is 0 Å². The molecule has 0 heterocycles. The Morgan fingerprint density at radius 1 is 1.09 bits per heavy atom. The van der Waals surface area contributed by atoms with Crippen molar-refractivity contribution < 1.29 is 34.2 Å². The monoisotopic (exact) mass is 482 g/mol. The number of carbonyl (C=O) groups excluding carboxylic acids is 3. The first kappa shape index (κ1) is 27.9. The molecule has 3 amide bonds. The van der Waals surface area contributed by atoms with Gasteiger partial charge in [0.2, 0.25) is 17.7 Å². The van der Waals surface area contributed by atoms with Crippen molar-refractivity contribution in [3.63, 3.8) is 0 Å². The number of nitrogens with two attached hydrogens (primary N) is 1. The Kier molecular flexibility index (Phi) is 11.9. The van der Waals surface area contributed by atoms with Crippen molar-refractivity contribution in [1.29, 1.82) is 0 Å². The Morgan fingerprint density at radius 3 is 2.27 bits per heavy atom. The molecule has 0 spiro atoms. The number of amides is 3. The summed E-state index contributed by atoms with van der Waals surface area (Å²) in [6.07, 6.45) is -0.356. The van der Waals surface area contributed by atoms with E-state index in [9.17, 15) is 24.0 Å². The van der Waals surface area contributed by atoms with Gasteiger partial charge >= 0.3 is 11.9 Å². The van der Waals surface area contributed by atoms with Crippen molar-refractivity contribution in [3.05, 3.63) is 30.3 Å². The Bertz CT molecular complexity index is 835. The average Bonchev–Trinajstić information content (AvgIpc) is 2.75. The highest BCUT2D eigenvalue weighted by atomic mass is 32.2. The van der Waals surface area contributed by atoms with Gasteiger partial charge in [0.05, 0.1) is 5.75 Å². The van der Waals surface area contributed by atoms with Gasteiger partial charge in [0.25, 0.3) is 0 Å². The lowest BCUT2D eigenvalue weighted by molar-refractivity contribution is -0.139. The molecule has 0 bridgehead atoms. The molecule has 2 atom stereocenters. The maximum atomic E-state index is 12.8. The van der Waals surface area contributed by atoms with Crippen LogP contribution in [0.4, 0.5) is 5.69 Å². The molecule has 33 heavy (non-hydrogen) atoms. The van der Waals surface area contributed by atoms with Crippen LogP contribution < -0.4 is 21.3 Å². The van der Waals surface area contributed by atoms with Gasteiger partial charge in [-0.3, -0.25) is 24.0 Å². The summed E-state index contributed by atoms with van der Waals surface area (Å²) in [5, 5.41) is 22.2. The normalized spacial score (nSPS) is 12.5. The Morgan fingerprint density at radius 2 is 1.73 bits per heavy atom. The summed E-state index contributed by atoms with van der Waals surface area (Å²) in [7, 11) is 0. The number of benzene rings is 1. The van der Waals surface area contributed by atoms with Crippen LogP contribution in [-0.4, -0.2) is 76.0 Å². The van der Waals surface area contributed by atoms with Crippen molar-refractivity contribution in [3.8, 4) is 0 Å². The molecular weight excluding hydrogens is 452 g/mol. The predicted octanol–water partition coefficient (Wildman–Crippen LogP) is 0.0389. The number of rotatable bonds is 14. The minimum Gasteiger partial charge on any atom is -0.480 e. The predicted molar refractivity (Wildman–Crippen MR) is 124 cm³/mol. The third-order valence-corrected chi connectivity index (χ3v) is 5.41. The Hall–Kier alpha value is -3.12. The topological polar surface area (TPSA) is 179 Å². The lowest BCUT2D eigenvalue weighted by atomic mass is 10.1. The number of carboxylic acid groups (broad SMARTS) is 2. The van der Waals surface area contributed by atoms with Gasteiger partial charge in [-0.15, -0.1) is 11.8 Å². The molecule has 6 N–H and O–H groups in total. The maximum absolute atomic E-state index is 12.8. The van der Waals surface area contributed by atoms with Crippen LogP contribution in [0.2, 0.25) is 0 Å². The minimum atomic E-state index is -1.25. The molecule has 0 unspecified atom stereocenters. The van der Waals surface area contributed by atoms with Crippen LogP contribution in [-0.2, 0) is 24.0 Å². The number of thioether (sulfide) groups is 1. The van der Waals surface area contributed by atoms with Crippen molar-refractivity contribution in [1.82, 2.24) is 10.6 Å². The van der Waals surface area contributed by atoms with Crippen LogP contribution in [0.1, 0.15) is 26.7 Å². The first-order chi connectivity index (χ1) is 15.5. The minimum absolute atomic E-state index is 0.00857. The molecule has 11 nitrogen and oxygen atoms in total. The smallest absolute Gasteiger partial charge is 0.322 e. The summed E-state index contributed by atoms with van der Waals surface area (Å²) in [5.74, 6) is -3.99. The zero-order valence-electron chi connectivity index (χ0n) is 18.5. The summed E-state index contributed by atoms with van der Waals surface area (Å²) in [5.41, 5.74) is 6.11. The van der Waals surface area contributed by atoms with E-state index in [1.54, 1.807) is 4.90 Å². The van der Waals surface area contributed by atoms with Gasteiger partial charge in [0.15, 0.2) is 0 Å². The first-order valence-electron chi connectivity index (χ1n) is 10.2. The molecule has 0 radical (unpaired) electrons. The van der Waals surface area contributed by atoms with Gasteiger partial charge in [0, 0.05) is 23.9 Å². The van der Waals surface area contributed by atoms with Gasteiger partial charge in [-0.2, -0.15) is 0 Å². The highest BCUT2D eigenvalue weighted by Crippen LogP contribution is 2.18. The molecule has 0 aromatic heterocycles. The molecule has 0 fully saturated rings. The molecule has 12 heteroatoms. The zero-order valence-corrected chi connectivity index (χ0v) is 19.3. The summed E-state index contributed by atoms with van der Waals surface area (Å²) in [6, 6.07) is 6.67. The van der Waals surface area contributed by atoms with E-state index >= 15 is 0 Å². The lowest BCUT2D eigenvalue weighted by Gasteiger charge is -2.27. The second-order valence-corrected chi connectivity index (χ2v) is 8.45. The standard InChI is InChI=1S/C21H30N4O7S/c1-13(2)25(14-6-4-3-5-7-14)18(27)12-33-11-16(20(30)23-10-19(28)29)24-17(26)9-8-15(22)21(31)32/h3-7,13,15-16H,8-12,22H2,1-2H3,(H,23,30)(H,24,26)(H,28,29)(H,31,32)/t15-,16-/m0/s1. The molecule has 1 aromatic carbocycles. The van der Waals surface area contributed by atoms with E-state index in [4.69, 9.17) is 15.9 Å². The van der Waals surface area contributed by atoms with E-state index in [1.165, 1.54) is 0 Å². The average molecular weight is 483 g/mol. The highest BCUT2D eigenvalue weighted by molar-refractivity contribution is 8.00. The summed E-state index contributed by atoms with van der Waals surface area (Å²) < 4.78 is 0. The fraction of sp³-hybridized carbons (Fsp3) is 0.476. The number of aliphatic carboxylic acids is 2. The molecule has 0 aliphatic carbocycles. The van der Waals surface area contributed by atoms with Crippen LogP contribution in [0.3, 0.4) is 0 Å². The van der Waals surface area contributed by atoms with Crippen molar-refractivity contribution >= 4 is 47.1 Å². The highest BCUT2D eigenvalue weighted by Gasteiger charge is 2.24. The number of nitrogens with one attached hydrogen (secondary N) is 2. The number of carboxylic acids is 2. The van der Waals surface area contributed by atoms with Crippen molar-refractivity contribution in [2.24, 2.45) is 5.73 Å². The van der Waals surface area contributed by atoms with E-state index < -0.39 is 42.4 Å². The van der Waals surface area contributed by atoms with Crippen molar-refractivity contribution in [2.75, 3.05) is 23.0 Å². The lowest BCUT2D eigenvalue weighted by Crippen LogP contribution is -2.49. The second kappa shape index (κ2) is 14.1. The number of para-hydroxylation sites is 1. The third kappa shape index (κ3) is 10.4. The molecule has 1 rings (SSSR count). The summed E-state index contributed by atoms with van der Waals surface area (Å²) in [6.45, 7) is 3.12. The van der Waals surface area contributed by atoms with E-state index in [1.807, 2.05) is 44.2 Å². The zero-order chi connectivity index (χ0) is 25.0. The molecule has 0 saturated carbocycles. The number of nitrogens with zero attached hydrogens (tertiary/aromatic N) is 1. The van der Waals surface area contributed by atoms with Gasteiger partial charge in [-0.1, -0.05) is 18.2 Å². The Labute approximate surface area is 196 Å². The van der Waals surface area contributed by atoms with Gasteiger partial charge in [-0.05, 0) is 32.4 Å². The molecule has 1 aromatic rings. The molecule has 0 aliphatic heterocycles. The Balaban J connectivity index is 2.74. The van der Waals surface area contributed by atoms with Crippen LogP contribution in [0, 0.1) is 0 Å². The number of hydrogen-bond acceptors (Lipinski definition) is 7. The maximum Gasteiger partial charge on any atom is 0.322 e. The largest absolute Gasteiger partial charge is 0.480 e. The number of carbonyl (C=O) groups is 5. The van der Waals surface area contributed by atoms with E-state index in [2.05, 4.69) is 10.6 Å². The van der Waals surface area contributed by atoms with E-state index in [-0.39, 0.29) is 36.3 Å². The van der Waals surface area contributed by atoms with E-state index in [0.717, 1.165) is 17.4 Å². The van der Waals surface area contributed by atoms with Gasteiger partial charge < -0.3 is 31.5 Å². The van der Waals surface area contributed by atoms with Crippen LogP contribution in [0.5, 0.6) is 0 Å². The number of anilines is 1. The van der Waals surface area contributed by atoms with Crippen LogP contribution >= 0.6 is 11.8 Å². The second-order valence-electron chi connectivity index (χ2n) is 7.42. The van der Waals surface area contributed by atoms with Crippen LogP contribution in [0.15, 0.2) is 30.3 Å². The van der Waals surface area contributed by atoms with Gasteiger partial charge in [-0.25, -0.2) is 0 Å². The van der Waals surface area contributed by atoms with Crippen molar-refractivity contribution in [2.45, 2.75) is 44.8 Å². The molecular formula is C21H30N4O7S. The van der Waals surface area contributed by atoms with Crippen LogP contribution in [0.25, 0.3) is 0 Å². The summed E-state index contributed by atoms with van der Waals surface area (Å²) in [4.78, 5) is 60.4. The third-order valence-electron chi connectivity index (χ3n) is 4.39. The quantitative estimate of drug-likeness (QED) is 0.245. The number of hydrogen-bond donors (Lipinski definition) is 5. The fourth-order valence-corrected chi connectivity index (χ4v) is 3.70. The van der Waals surface area contributed by atoms with Gasteiger partial charge in [0.1, 0.15) is 18.6 Å². The summed E-state index contributed by atoms with van der Waals surface area (Å²) >= 11 is 1.11.